The number of carbonyl (C=O) groups excluding carboxylic acids is 1. The topological polar surface area (TPSA) is 49.8 Å². The average Bonchev–Trinajstić information content (AvgIpc) is 3.00. The molecular weight excluding hydrogens is 318 g/mol. The number of amides is 1. The minimum Gasteiger partial charge on any atom is -0.390 e. The van der Waals surface area contributed by atoms with Crippen molar-refractivity contribution in [2.45, 2.75) is 48.5 Å². The van der Waals surface area contributed by atoms with E-state index < -0.39 is 5.60 Å². The molecule has 1 aromatic rings. The molecule has 2 saturated heterocycles. The van der Waals surface area contributed by atoms with Gasteiger partial charge in [0, 0.05) is 19.7 Å². The van der Waals surface area contributed by atoms with Gasteiger partial charge >= 0.3 is 0 Å². The molecule has 2 fully saturated rings. The van der Waals surface area contributed by atoms with Gasteiger partial charge in [-0.05, 0) is 43.6 Å². The van der Waals surface area contributed by atoms with Crippen molar-refractivity contribution < 1.29 is 14.6 Å². The molecule has 3 heterocycles. The number of hydrogen-bond acceptors (Lipinski definition) is 5. The fraction of sp³-hybridized carbons (Fsp3) is 0.688. The van der Waals surface area contributed by atoms with Gasteiger partial charge in [0.25, 0.3) is 5.91 Å². The standard InChI is InChI=1S/C16H23NO3S2/c1-2-21-14-6-5-12(22-14)15(19)17-9-7-16(8-10-17)13(18)4-3-11-20-16/h5-6,13,18H,2-4,7-11H2,1H3/t13-/m1/s1. The minimum absolute atomic E-state index is 0.119. The number of rotatable bonds is 3. The van der Waals surface area contributed by atoms with Crippen molar-refractivity contribution >= 4 is 29.0 Å². The van der Waals surface area contributed by atoms with E-state index in [-0.39, 0.29) is 12.0 Å². The molecule has 1 atom stereocenters. The molecule has 0 bridgehead atoms. The zero-order valence-electron chi connectivity index (χ0n) is 12.9. The normalized spacial score (nSPS) is 24.6. The maximum absolute atomic E-state index is 12.6. The average molecular weight is 341 g/mol. The van der Waals surface area contributed by atoms with Crippen molar-refractivity contribution in [3.8, 4) is 0 Å². The van der Waals surface area contributed by atoms with Crippen molar-refractivity contribution in [2.75, 3.05) is 25.4 Å². The quantitative estimate of drug-likeness (QED) is 0.859. The van der Waals surface area contributed by atoms with Gasteiger partial charge in [0.2, 0.25) is 0 Å². The first-order valence-corrected chi connectivity index (χ1v) is 9.79. The number of hydrogen-bond donors (Lipinski definition) is 1. The van der Waals surface area contributed by atoms with E-state index in [1.54, 1.807) is 23.1 Å². The van der Waals surface area contributed by atoms with Crippen LogP contribution in [0.15, 0.2) is 16.3 Å². The summed E-state index contributed by atoms with van der Waals surface area (Å²) in [5.74, 6) is 1.14. The monoisotopic (exact) mass is 341 g/mol. The number of nitrogens with zero attached hydrogens (tertiary/aromatic N) is 1. The van der Waals surface area contributed by atoms with Crippen LogP contribution in [0.1, 0.15) is 42.3 Å². The van der Waals surface area contributed by atoms with Crippen LogP contribution in [0.4, 0.5) is 0 Å². The molecule has 0 aromatic carbocycles. The molecule has 0 aliphatic carbocycles. The van der Waals surface area contributed by atoms with Crippen LogP contribution in [-0.2, 0) is 4.74 Å². The van der Waals surface area contributed by atoms with Crippen LogP contribution in [0, 0.1) is 0 Å². The third-order valence-corrected chi connectivity index (χ3v) is 6.78. The summed E-state index contributed by atoms with van der Waals surface area (Å²) in [5.41, 5.74) is -0.409. The number of thioether (sulfide) groups is 1. The Morgan fingerprint density at radius 2 is 2.27 bits per heavy atom. The largest absolute Gasteiger partial charge is 0.390 e. The summed E-state index contributed by atoms with van der Waals surface area (Å²) in [6.07, 6.45) is 2.84. The summed E-state index contributed by atoms with van der Waals surface area (Å²) < 4.78 is 7.10. The molecule has 1 aromatic heterocycles. The van der Waals surface area contributed by atoms with E-state index in [4.69, 9.17) is 4.74 Å². The summed E-state index contributed by atoms with van der Waals surface area (Å²) in [5, 5.41) is 10.3. The highest BCUT2D eigenvalue weighted by molar-refractivity contribution is 8.01. The van der Waals surface area contributed by atoms with Gasteiger partial charge in [0.05, 0.1) is 20.8 Å². The molecule has 4 nitrogen and oxygen atoms in total. The maximum Gasteiger partial charge on any atom is 0.263 e. The number of piperidine rings is 1. The first kappa shape index (κ1) is 16.3. The van der Waals surface area contributed by atoms with Crippen molar-refractivity contribution in [3.63, 3.8) is 0 Å². The summed E-state index contributed by atoms with van der Waals surface area (Å²) in [6, 6.07) is 3.97. The van der Waals surface area contributed by atoms with Crippen molar-refractivity contribution in [1.82, 2.24) is 4.90 Å². The summed E-state index contributed by atoms with van der Waals surface area (Å²) in [4.78, 5) is 15.3. The molecule has 2 aliphatic heterocycles. The second-order valence-corrected chi connectivity index (χ2v) is 8.56. The number of likely N-dealkylation sites (tertiary alicyclic amines) is 1. The van der Waals surface area contributed by atoms with Crippen molar-refractivity contribution in [1.29, 1.82) is 0 Å². The second kappa shape index (κ2) is 6.91. The van der Waals surface area contributed by atoms with Crippen molar-refractivity contribution in [3.05, 3.63) is 17.0 Å². The molecule has 1 spiro atoms. The Kier molecular flexibility index (Phi) is 5.12. The molecule has 0 radical (unpaired) electrons. The zero-order valence-corrected chi connectivity index (χ0v) is 14.5. The fourth-order valence-electron chi connectivity index (χ4n) is 3.29. The Morgan fingerprint density at radius 3 is 2.95 bits per heavy atom. The number of aliphatic hydroxyl groups excluding tert-OH is 1. The minimum atomic E-state index is -0.409. The third-order valence-electron chi connectivity index (χ3n) is 4.59. The van der Waals surface area contributed by atoms with Gasteiger partial charge in [0.15, 0.2) is 0 Å². The summed E-state index contributed by atoms with van der Waals surface area (Å²) in [6.45, 7) is 4.19. The molecule has 6 heteroatoms. The van der Waals surface area contributed by atoms with Gasteiger partial charge < -0.3 is 14.7 Å². The summed E-state index contributed by atoms with van der Waals surface area (Å²) in [7, 11) is 0. The lowest BCUT2D eigenvalue weighted by Gasteiger charge is -2.46. The molecule has 1 amide bonds. The SMILES string of the molecule is CCSc1ccc(C(=O)N2CCC3(CC2)OCCC[C@H]3O)s1. The van der Waals surface area contributed by atoms with E-state index in [2.05, 4.69) is 6.92 Å². The first-order chi connectivity index (χ1) is 10.6. The lowest BCUT2D eigenvalue weighted by Crippen LogP contribution is -2.56. The predicted octanol–water partition coefficient (Wildman–Crippen LogP) is 3.01. The van der Waals surface area contributed by atoms with E-state index >= 15 is 0 Å². The second-order valence-electron chi connectivity index (χ2n) is 5.92. The Labute approximate surface area is 139 Å². The lowest BCUT2D eigenvalue weighted by atomic mass is 9.82. The fourth-order valence-corrected chi connectivity index (χ4v) is 5.30. The van der Waals surface area contributed by atoms with Gasteiger partial charge in [-0.15, -0.1) is 23.1 Å². The van der Waals surface area contributed by atoms with Gasteiger partial charge in [-0.3, -0.25) is 4.79 Å². The molecule has 0 unspecified atom stereocenters. The number of carbonyl (C=O) groups is 1. The van der Waals surface area contributed by atoms with Gasteiger partial charge in [-0.1, -0.05) is 6.92 Å². The van der Waals surface area contributed by atoms with Crippen LogP contribution >= 0.6 is 23.1 Å². The Hall–Kier alpha value is -0.560. The van der Waals surface area contributed by atoms with E-state index in [0.717, 1.165) is 42.9 Å². The molecular formula is C16H23NO3S2. The lowest BCUT2D eigenvalue weighted by molar-refractivity contribution is -0.174. The molecule has 22 heavy (non-hydrogen) atoms. The number of ether oxygens (including phenoxy) is 1. The van der Waals surface area contributed by atoms with Crippen molar-refractivity contribution in [2.24, 2.45) is 0 Å². The predicted molar refractivity (Wildman–Crippen MR) is 89.8 cm³/mol. The molecule has 3 rings (SSSR count). The first-order valence-electron chi connectivity index (χ1n) is 7.98. The van der Waals surface area contributed by atoms with Gasteiger partial charge in [0.1, 0.15) is 0 Å². The smallest absolute Gasteiger partial charge is 0.263 e. The van der Waals surface area contributed by atoms with E-state index in [1.165, 1.54) is 4.21 Å². The van der Waals surface area contributed by atoms with E-state index in [1.807, 2.05) is 17.0 Å². The van der Waals surface area contributed by atoms with Crippen LogP contribution in [0.25, 0.3) is 0 Å². The van der Waals surface area contributed by atoms with Crippen LogP contribution in [0.2, 0.25) is 0 Å². The van der Waals surface area contributed by atoms with Crippen LogP contribution < -0.4 is 0 Å². The van der Waals surface area contributed by atoms with Crippen LogP contribution in [-0.4, -0.2) is 53.1 Å². The molecule has 1 N–H and O–H groups in total. The number of aliphatic hydroxyl groups is 1. The number of thiophene rings is 1. The highest BCUT2D eigenvalue weighted by Gasteiger charge is 2.44. The van der Waals surface area contributed by atoms with E-state index in [9.17, 15) is 9.90 Å². The zero-order chi connectivity index (χ0) is 15.6. The Bertz CT molecular complexity index is 523. The Balaban J connectivity index is 1.61. The summed E-state index contributed by atoms with van der Waals surface area (Å²) >= 11 is 3.35. The highest BCUT2D eigenvalue weighted by Crippen LogP contribution is 2.36. The van der Waals surface area contributed by atoms with Gasteiger partial charge in [-0.25, -0.2) is 0 Å². The molecule has 2 aliphatic rings. The van der Waals surface area contributed by atoms with Gasteiger partial charge in [-0.2, -0.15) is 0 Å². The van der Waals surface area contributed by atoms with Crippen LogP contribution in [0.3, 0.4) is 0 Å². The maximum atomic E-state index is 12.6. The Morgan fingerprint density at radius 1 is 1.50 bits per heavy atom. The molecule has 122 valence electrons. The molecule has 0 saturated carbocycles. The van der Waals surface area contributed by atoms with Crippen LogP contribution in [0.5, 0.6) is 0 Å². The highest BCUT2D eigenvalue weighted by atomic mass is 32.2. The van der Waals surface area contributed by atoms with E-state index in [0.29, 0.717) is 13.1 Å². The third kappa shape index (κ3) is 3.20.